The molecule has 0 atom stereocenters. The predicted octanol–water partition coefficient (Wildman–Crippen LogP) is 2.78. The van der Waals surface area contributed by atoms with Gasteiger partial charge in [-0.3, -0.25) is 4.79 Å². The van der Waals surface area contributed by atoms with Gasteiger partial charge in [-0.05, 0) is 28.8 Å². The Labute approximate surface area is 88.2 Å². The van der Waals surface area contributed by atoms with Crippen LogP contribution in [0.25, 0.3) is 10.8 Å². The minimum absolute atomic E-state index is 0.0876. The van der Waals surface area contributed by atoms with Crippen molar-refractivity contribution in [3.05, 3.63) is 47.5 Å². The van der Waals surface area contributed by atoms with Crippen molar-refractivity contribution in [3.8, 4) is 0 Å². The van der Waals surface area contributed by atoms with E-state index in [4.69, 9.17) is 5.11 Å². The van der Waals surface area contributed by atoms with Crippen LogP contribution in [-0.4, -0.2) is 11.1 Å². The predicted molar refractivity (Wildman–Crippen MR) is 60.0 cm³/mol. The van der Waals surface area contributed by atoms with E-state index >= 15 is 0 Å². The van der Waals surface area contributed by atoms with E-state index in [2.05, 4.69) is 0 Å². The normalized spacial score (nSPS) is 10.5. The van der Waals surface area contributed by atoms with Crippen LogP contribution in [0.15, 0.2) is 36.4 Å². The Hall–Kier alpha value is -1.83. The zero-order valence-electron chi connectivity index (χ0n) is 8.53. The van der Waals surface area contributed by atoms with E-state index < -0.39 is 5.97 Å². The Bertz CT molecular complexity index is 515. The molecule has 0 heterocycles. The lowest BCUT2D eigenvalue weighted by Crippen LogP contribution is -1.99. The molecule has 2 aromatic rings. The van der Waals surface area contributed by atoms with E-state index in [9.17, 15) is 4.79 Å². The highest BCUT2D eigenvalue weighted by atomic mass is 16.4. The van der Waals surface area contributed by atoms with Crippen molar-refractivity contribution in [1.29, 1.82) is 0 Å². The summed E-state index contributed by atoms with van der Waals surface area (Å²) in [6, 6.07) is 11.9. The van der Waals surface area contributed by atoms with Crippen molar-refractivity contribution >= 4 is 16.7 Å². The van der Waals surface area contributed by atoms with Crippen LogP contribution >= 0.6 is 0 Å². The van der Waals surface area contributed by atoms with Crippen molar-refractivity contribution in [2.24, 2.45) is 0 Å². The van der Waals surface area contributed by atoms with Crippen molar-refractivity contribution in [3.63, 3.8) is 0 Å². The fourth-order valence-electron chi connectivity index (χ4n) is 1.76. The van der Waals surface area contributed by atoms with Crippen LogP contribution in [0, 0.1) is 6.92 Å². The maximum atomic E-state index is 10.6. The Kier molecular flexibility index (Phi) is 2.42. The van der Waals surface area contributed by atoms with Crippen LogP contribution in [0.1, 0.15) is 11.1 Å². The van der Waals surface area contributed by atoms with E-state index in [0.717, 1.165) is 16.3 Å². The lowest BCUT2D eigenvalue weighted by atomic mass is 10.0. The first kappa shape index (κ1) is 9.71. The molecule has 2 aromatic carbocycles. The molecular formula is C13H12O2. The first-order chi connectivity index (χ1) is 7.16. The second kappa shape index (κ2) is 3.73. The molecule has 1 N–H and O–H groups in total. The Morgan fingerprint density at radius 1 is 1.27 bits per heavy atom. The molecule has 0 aliphatic carbocycles. The fourth-order valence-corrected chi connectivity index (χ4v) is 1.76. The van der Waals surface area contributed by atoms with E-state index in [1.54, 1.807) is 0 Å². The molecule has 2 rings (SSSR count). The molecule has 0 bridgehead atoms. The summed E-state index contributed by atoms with van der Waals surface area (Å²) in [7, 11) is 0. The molecular weight excluding hydrogens is 188 g/mol. The Balaban J connectivity index is 2.54. The molecule has 0 amide bonds. The number of aryl methyl sites for hydroxylation is 1. The van der Waals surface area contributed by atoms with Crippen LogP contribution in [-0.2, 0) is 11.2 Å². The topological polar surface area (TPSA) is 37.3 Å². The quantitative estimate of drug-likeness (QED) is 0.809. The van der Waals surface area contributed by atoms with Crippen LogP contribution in [0.5, 0.6) is 0 Å². The molecule has 0 radical (unpaired) electrons. The third kappa shape index (κ3) is 1.99. The van der Waals surface area contributed by atoms with Crippen molar-refractivity contribution in [1.82, 2.24) is 0 Å². The number of hydrogen-bond acceptors (Lipinski definition) is 1. The third-order valence-electron chi connectivity index (χ3n) is 2.52. The van der Waals surface area contributed by atoms with Gasteiger partial charge in [0.25, 0.3) is 0 Å². The number of carboxylic acid groups (broad SMARTS) is 1. The number of fused-ring (bicyclic) bond motifs is 1. The molecule has 0 saturated carbocycles. The summed E-state index contributed by atoms with van der Waals surface area (Å²) >= 11 is 0. The molecule has 0 spiro atoms. The summed E-state index contributed by atoms with van der Waals surface area (Å²) < 4.78 is 0. The minimum Gasteiger partial charge on any atom is -0.481 e. The van der Waals surface area contributed by atoms with Gasteiger partial charge in [0, 0.05) is 0 Å². The molecule has 2 heteroatoms. The van der Waals surface area contributed by atoms with Gasteiger partial charge in [-0.2, -0.15) is 0 Å². The second-order valence-corrected chi connectivity index (χ2v) is 3.70. The van der Waals surface area contributed by atoms with Gasteiger partial charge in [-0.15, -0.1) is 0 Å². The number of rotatable bonds is 2. The van der Waals surface area contributed by atoms with E-state index in [1.807, 2.05) is 43.3 Å². The number of hydrogen-bond donors (Lipinski definition) is 1. The van der Waals surface area contributed by atoms with E-state index in [1.165, 1.54) is 5.56 Å². The van der Waals surface area contributed by atoms with Gasteiger partial charge in [0.2, 0.25) is 0 Å². The summed E-state index contributed by atoms with van der Waals surface area (Å²) in [5.41, 5.74) is 2.03. The van der Waals surface area contributed by atoms with Gasteiger partial charge in [0.05, 0.1) is 6.42 Å². The fraction of sp³-hybridized carbons (Fsp3) is 0.154. The summed E-state index contributed by atoms with van der Waals surface area (Å²) in [6.45, 7) is 2.03. The average Bonchev–Trinajstić information content (AvgIpc) is 2.18. The van der Waals surface area contributed by atoms with Gasteiger partial charge < -0.3 is 5.11 Å². The minimum atomic E-state index is -0.789. The van der Waals surface area contributed by atoms with Gasteiger partial charge in [-0.1, -0.05) is 36.4 Å². The molecule has 2 nitrogen and oxygen atoms in total. The molecule has 0 aromatic heterocycles. The van der Waals surface area contributed by atoms with Crippen LogP contribution in [0.2, 0.25) is 0 Å². The molecule has 15 heavy (non-hydrogen) atoms. The monoisotopic (exact) mass is 200 g/mol. The Morgan fingerprint density at radius 2 is 2.07 bits per heavy atom. The molecule has 0 aliphatic heterocycles. The first-order valence-corrected chi connectivity index (χ1v) is 4.87. The highest BCUT2D eigenvalue weighted by molar-refractivity contribution is 5.87. The standard InChI is InChI=1S/C13H12O2/c1-9-3-2-4-11-6-5-10(7-12(9)11)8-13(14)15/h2-7H,8H2,1H3,(H,14,15). The van der Waals surface area contributed by atoms with Crippen molar-refractivity contribution in [2.45, 2.75) is 13.3 Å². The van der Waals surface area contributed by atoms with Crippen molar-refractivity contribution < 1.29 is 9.90 Å². The van der Waals surface area contributed by atoms with E-state index in [-0.39, 0.29) is 6.42 Å². The van der Waals surface area contributed by atoms with Gasteiger partial charge in [0.15, 0.2) is 0 Å². The smallest absolute Gasteiger partial charge is 0.307 e. The molecule has 0 aliphatic rings. The number of carboxylic acids is 1. The van der Waals surface area contributed by atoms with Gasteiger partial charge >= 0.3 is 5.97 Å². The Morgan fingerprint density at radius 3 is 2.80 bits per heavy atom. The van der Waals surface area contributed by atoms with Crippen LogP contribution < -0.4 is 0 Å². The lowest BCUT2D eigenvalue weighted by Gasteiger charge is -2.04. The van der Waals surface area contributed by atoms with Crippen LogP contribution in [0.4, 0.5) is 0 Å². The maximum Gasteiger partial charge on any atom is 0.307 e. The second-order valence-electron chi connectivity index (χ2n) is 3.70. The number of aliphatic carboxylic acids is 1. The molecule has 76 valence electrons. The van der Waals surface area contributed by atoms with Gasteiger partial charge in [0.1, 0.15) is 0 Å². The maximum absolute atomic E-state index is 10.6. The average molecular weight is 200 g/mol. The van der Waals surface area contributed by atoms with Gasteiger partial charge in [-0.25, -0.2) is 0 Å². The lowest BCUT2D eigenvalue weighted by molar-refractivity contribution is -0.136. The highest BCUT2D eigenvalue weighted by Gasteiger charge is 2.02. The molecule has 0 saturated heterocycles. The SMILES string of the molecule is Cc1cccc2ccc(CC(=O)O)cc12. The van der Waals surface area contributed by atoms with Crippen LogP contribution in [0.3, 0.4) is 0 Å². The first-order valence-electron chi connectivity index (χ1n) is 4.87. The summed E-state index contributed by atoms with van der Waals surface area (Å²) in [4.78, 5) is 10.6. The van der Waals surface area contributed by atoms with E-state index in [0.29, 0.717) is 0 Å². The zero-order chi connectivity index (χ0) is 10.8. The zero-order valence-corrected chi connectivity index (χ0v) is 8.53. The highest BCUT2D eigenvalue weighted by Crippen LogP contribution is 2.19. The summed E-state index contributed by atoms with van der Waals surface area (Å²) in [5, 5.41) is 11.0. The molecule has 0 unspecified atom stereocenters. The number of carbonyl (C=O) groups is 1. The molecule has 0 fully saturated rings. The number of benzene rings is 2. The third-order valence-corrected chi connectivity index (χ3v) is 2.52. The van der Waals surface area contributed by atoms with Crippen molar-refractivity contribution in [2.75, 3.05) is 0 Å². The summed E-state index contributed by atoms with van der Waals surface area (Å²) in [6.07, 6.45) is 0.0876. The summed E-state index contributed by atoms with van der Waals surface area (Å²) in [5.74, 6) is -0.789. The largest absolute Gasteiger partial charge is 0.481 e.